The highest BCUT2D eigenvalue weighted by molar-refractivity contribution is 5.97. The zero-order valence-electron chi connectivity index (χ0n) is 19.5. The first-order chi connectivity index (χ1) is 15.8. The van der Waals surface area contributed by atoms with Crippen LogP contribution in [-0.4, -0.2) is 51.8 Å². The maximum Gasteiger partial charge on any atom is 0.329 e. The number of amides is 2. The van der Waals surface area contributed by atoms with Crippen molar-refractivity contribution in [2.75, 3.05) is 27.9 Å². The molecule has 0 aliphatic carbocycles. The number of methoxy groups -OCH3 is 3. The number of ether oxygens (including phenoxy) is 4. The monoisotopic (exact) mass is 458 g/mol. The fraction of sp³-hybridized carbons (Fsp3) is 0.375. The Hall–Kier alpha value is -3.75. The highest BCUT2D eigenvalue weighted by Gasteiger charge is 2.27. The minimum Gasteiger partial charge on any atom is -0.497 e. The van der Waals surface area contributed by atoms with Crippen molar-refractivity contribution >= 4 is 17.8 Å². The Bertz CT molecular complexity index is 936. The molecule has 2 rings (SSSR count). The Kier molecular flexibility index (Phi) is 9.53. The van der Waals surface area contributed by atoms with Crippen LogP contribution in [0.4, 0.5) is 0 Å². The molecule has 2 amide bonds. The van der Waals surface area contributed by atoms with Gasteiger partial charge in [0.15, 0.2) is 6.61 Å². The van der Waals surface area contributed by atoms with E-state index in [0.29, 0.717) is 17.2 Å². The lowest BCUT2D eigenvalue weighted by atomic mass is 10.0. The van der Waals surface area contributed by atoms with Gasteiger partial charge in [-0.1, -0.05) is 26.0 Å². The van der Waals surface area contributed by atoms with Gasteiger partial charge in [0, 0.05) is 18.2 Å². The number of nitrogens with one attached hydrogen (secondary N) is 2. The van der Waals surface area contributed by atoms with Crippen molar-refractivity contribution < 1.29 is 33.3 Å². The van der Waals surface area contributed by atoms with Gasteiger partial charge in [0.05, 0.1) is 21.3 Å². The second kappa shape index (κ2) is 12.3. The number of hydrogen-bond acceptors (Lipinski definition) is 7. The summed E-state index contributed by atoms with van der Waals surface area (Å²) in [5, 5.41) is 5.34. The third-order valence-corrected chi connectivity index (χ3v) is 4.82. The van der Waals surface area contributed by atoms with Gasteiger partial charge in [0.1, 0.15) is 23.3 Å². The number of carbonyl (C=O) groups is 3. The molecule has 0 saturated carbocycles. The molecule has 1 atom stereocenters. The van der Waals surface area contributed by atoms with Gasteiger partial charge in [-0.2, -0.15) is 0 Å². The molecule has 0 heterocycles. The van der Waals surface area contributed by atoms with E-state index in [2.05, 4.69) is 10.6 Å². The van der Waals surface area contributed by atoms with Crippen LogP contribution >= 0.6 is 0 Å². The molecule has 33 heavy (non-hydrogen) atoms. The summed E-state index contributed by atoms with van der Waals surface area (Å²) in [6.07, 6.45) is 0. The van der Waals surface area contributed by atoms with Crippen molar-refractivity contribution in [3.05, 3.63) is 53.6 Å². The van der Waals surface area contributed by atoms with Gasteiger partial charge in [-0.3, -0.25) is 9.59 Å². The smallest absolute Gasteiger partial charge is 0.329 e. The van der Waals surface area contributed by atoms with Gasteiger partial charge in [0.2, 0.25) is 0 Å². The van der Waals surface area contributed by atoms with Crippen molar-refractivity contribution in [3.8, 4) is 17.2 Å². The SMILES string of the molecule is COc1ccc(CNC(=O)COC(=O)[C@@H](NC(=O)c2cc(OC)cc(OC)c2)C(C)C)cc1. The van der Waals surface area contributed by atoms with Gasteiger partial charge in [-0.25, -0.2) is 4.79 Å². The van der Waals surface area contributed by atoms with Crippen LogP contribution < -0.4 is 24.8 Å². The van der Waals surface area contributed by atoms with Gasteiger partial charge in [-0.15, -0.1) is 0 Å². The summed E-state index contributed by atoms with van der Waals surface area (Å²) in [6.45, 7) is 3.35. The fourth-order valence-electron chi connectivity index (χ4n) is 2.88. The first-order valence-corrected chi connectivity index (χ1v) is 10.4. The Morgan fingerprint density at radius 1 is 0.848 bits per heavy atom. The lowest BCUT2D eigenvalue weighted by Crippen LogP contribution is -2.46. The zero-order chi connectivity index (χ0) is 24.4. The predicted molar refractivity (Wildman–Crippen MR) is 121 cm³/mol. The summed E-state index contributed by atoms with van der Waals surface area (Å²) in [4.78, 5) is 37.4. The van der Waals surface area contributed by atoms with Gasteiger partial charge in [-0.05, 0) is 35.7 Å². The molecule has 0 aliphatic rings. The lowest BCUT2D eigenvalue weighted by Gasteiger charge is -2.21. The number of esters is 1. The molecule has 0 aliphatic heterocycles. The molecule has 0 fully saturated rings. The molecule has 0 bridgehead atoms. The average molecular weight is 459 g/mol. The summed E-state index contributed by atoms with van der Waals surface area (Å²) < 4.78 is 20.6. The van der Waals surface area contributed by atoms with Crippen LogP contribution in [0.3, 0.4) is 0 Å². The third-order valence-electron chi connectivity index (χ3n) is 4.82. The molecule has 0 saturated heterocycles. The molecule has 9 heteroatoms. The summed E-state index contributed by atoms with van der Waals surface area (Å²) in [5.74, 6) is -0.317. The van der Waals surface area contributed by atoms with E-state index < -0.39 is 30.4 Å². The van der Waals surface area contributed by atoms with Crippen molar-refractivity contribution in [2.45, 2.75) is 26.4 Å². The van der Waals surface area contributed by atoms with Crippen molar-refractivity contribution in [1.82, 2.24) is 10.6 Å². The first-order valence-electron chi connectivity index (χ1n) is 10.4. The molecule has 2 aromatic rings. The van der Waals surface area contributed by atoms with Crippen LogP contribution in [0.2, 0.25) is 0 Å². The van der Waals surface area contributed by atoms with Gasteiger partial charge < -0.3 is 29.6 Å². The average Bonchev–Trinajstić information content (AvgIpc) is 2.83. The van der Waals surface area contributed by atoms with E-state index in [1.807, 2.05) is 12.1 Å². The molecule has 0 unspecified atom stereocenters. The molecule has 0 radical (unpaired) electrons. The van der Waals surface area contributed by atoms with Gasteiger partial charge in [0.25, 0.3) is 11.8 Å². The van der Waals surface area contributed by atoms with E-state index in [9.17, 15) is 14.4 Å². The second-order valence-electron chi connectivity index (χ2n) is 7.53. The van der Waals surface area contributed by atoms with Gasteiger partial charge >= 0.3 is 5.97 Å². The highest BCUT2D eigenvalue weighted by atomic mass is 16.5. The number of rotatable bonds is 11. The zero-order valence-corrected chi connectivity index (χ0v) is 19.5. The van der Waals surface area contributed by atoms with Crippen molar-refractivity contribution in [1.29, 1.82) is 0 Å². The predicted octanol–water partition coefficient (Wildman–Crippen LogP) is 2.33. The lowest BCUT2D eigenvalue weighted by molar-refractivity contribution is -0.151. The maximum atomic E-state index is 12.7. The van der Waals surface area contributed by atoms with Crippen LogP contribution in [0.1, 0.15) is 29.8 Å². The molecular weight excluding hydrogens is 428 g/mol. The van der Waals surface area contributed by atoms with Crippen LogP contribution in [-0.2, 0) is 20.9 Å². The molecule has 0 aromatic heterocycles. The molecule has 0 spiro atoms. The number of hydrogen-bond donors (Lipinski definition) is 2. The molecular formula is C24H30N2O7. The van der Waals surface area contributed by atoms with Crippen molar-refractivity contribution in [3.63, 3.8) is 0 Å². The Morgan fingerprint density at radius 2 is 1.42 bits per heavy atom. The van der Waals surface area contributed by atoms with E-state index in [0.717, 1.165) is 5.56 Å². The van der Waals surface area contributed by atoms with Crippen molar-refractivity contribution in [2.24, 2.45) is 5.92 Å². The van der Waals surface area contributed by atoms with E-state index >= 15 is 0 Å². The quantitative estimate of drug-likeness (QED) is 0.497. The van der Waals surface area contributed by atoms with E-state index in [1.165, 1.54) is 26.4 Å². The standard InChI is InChI=1S/C24H30N2O7/c1-15(2)22(26-23(28)17-10-19(31-4)12-20(11-17)32-5)24(29)33-14-21(27)25-13-16-6-8-18(30-3)9-7-16/h6-12,15,22H,13-14H2,1-5H3,(H,25,27)(H,26,28)/t22-/m0/s1. The Labute approximate surface area is 193 Å². The first kappa shape index (κ1) is 25.5. The Balaban J connectivity index is 1.92. The fourth-order valence-corrected chi connectivity index (χ4v) is 2.88. The minimum absolute atomic E-state index is 0.266. The number of carbonyl (C=O) groups excluding carboxylic acids is 3. The highest BCUT2D eigenvalue weighted by Crippen LogP contribution is 2.22. The Morgan fingerprint density at radius 3 is 1.94 bits per heavy atom. The van der Waals surface area contributed by atoms with Crippen LogP contribution in [0.5, 0.6) is 17.2 Å². The molecule has 2 aromatic carbocycles. The molecule has 178 valence electrons. The van der Waals surface area contributed by atoms with E-state index in [1.54, 1.807) is 39.2 Å². The summed E-state index contributed by atoms with van der Waals surface area (Å²) in [5.41, 5.74) is 1.14. The molecule has 2 N–H and O–H groups in total. The minimum atomic E-state index is -0.941. The summed E-state index contributed by atoms with van der Waals surface area (Å²) >= 11 is 0. The summed E-state index contributed by atoms with van der Waals surface area (Å²) in [7, 11) is 4.53. The largest absolute Gasteiger partial charge is 0.497 e. The normalized spacial score (nSPS) is 11.3. The van der Waals surface area contributed by atoms with E-state index in [-0.39, 0.29) is 18.0 Å². The topological polar surface area (TPSA) is 112 Å². The second-order valence-corrected chi connectivity index (χ2v) is 7.53. The van der Waals surface area contributed by atoms with Crippen LogP contribution in [0.25, 0.3) is 0 Å². The maximum absolute atomic E-state index is 12.7. The van der Waals surface area contributed by atoms with Crippen LogP contribution in [0.15, 0.2) is 42.5 Å². The molecule has 9 nitrogen and oxygen atoms in total. The number of benzene rings is 2. The van der Waals surface area contributed by atoms with E-state index in [4.69, 9.17) is 18.9 Å². The third kappa shape index (κ3) is 7.71. The summed E-state index contributed by atoms with van der Waals surface area (Å²) in [6, 6.07) is 11.0. The van der Waals surface area contributed by atoms with Crippen LogP contribution in [0, 0.1) is 5.92 Å².